The van der Waals surface area contributed by atoms with Gasteiger partial charge in [-0.25, -0.2) is 19.4 Å². The van der Waals surface area contributed by atoms with Gasteiger partial charge in [-0.3, -0.25) is 20.3 Å². The molecule has 1 aromatic heterocycles. The van der Waals surface area contributed by atoms with Crippen molar-refractivity contribution in [2.24, 2.45) is 16.3 Å². The maximum atomic E-state index is 13.9. The number of H-pyrrole nitrogens is 1. The molecule has 2 aromatic rings. The topological polar surface area (TPSA) is 250 Å². The van der Waals surface area contributed by atoms with E-state index >= 15 is 0 Å². The lowest BCUT2D eigenvalue weighted by Crippen LogP contribution is -2.50. The maximum Gasteiger partial charge on any atom is 0.415 e. The van der Waals surface area contributed by atoms with E-state index in [1.54, 1.807) is 65.8 Å². The minimum Gasteiger partial charge on any atom is -0.461 e. The number of benzene rings is 1. The summed E-state index contributed by atoms with van der Waals surface area (Å²) in [5, 5.41) is 23.8. The number of nitriles is 1. The van der Waals surface area contributed by atoms with E-state index in [2.05, 4.69) is 26.7 Å². The molecule has 1 saturated heterocycles. The maximum absolute atomic E-state index is 13.9. The third-order valence-electron chi connectivity index (χ3n) is 9.89. The first kappa shape index (κ1) is 50.1. The van der Waals surface area contributed by atoms with E-state index in [0.717, 1.165) is 37.7 Å². The Morgan fingerprint density at radius 2 is 1.67 bits per heavy atom. The zero-order valence-corrected chi connectivity index (χ0v) is 38.7. The van der Waals surface area contributed by atoms with Crippen LogP contribution in [0.15, 0.2) is 47.5 Å². The van der Waals surface area contributed by atoms with Gasteiger partial charge in [-0.15, -0.1) is 0 Å². The van der Waals surface area contributed by atoms with Gasteiger partial charge in [0.15, 0.2) is 20.3 Å². The highest BCUT2D eigenvalue weighted by Gasteiger charge is 2.61. The molecule has 5 atom stereocenters. The summed E-state index contributed by atoms with van der Waals surface area (Å²) in [6, 6.07) is 13.0. The molecule has 344 valence electrons. The van der Waals surface area contributed by atoms with Crippen molar-refractivity contribution in [1.82, 2.24) is 15.6 Å². The van der Waals surface area contributed by atoms with Crippen LogP contribution in [-0.2, 0) is 59.3 Å². The van der Waals surface area contributed by atoms with Crippen molar-refractivity contribution in [2.75, 3.05) is 13.4 Å². The van der Waals surface area contributed by atoms with Gasteiger partial charge >= 0.3 is 30.1 Å². The van der Waals surface area contributed by atoms with Crippen LogP contribution in [-0.4, -0.2) is 98.9 Å². The number of hydrogen-bond acceptors (Lipinski definition) is 14. The molecule has 0 bridgehead atoms. The monoisotopic (exact) mass is 894 g/mol. The van der Waals surface area contributed by atoms with Gasteiger partial charge in [0.1, 0.15) is 42.9 Å². The summed E-state index contributed by atoms with van der Waals surface area (Å²) in [6.45, 7) is 14.5. The Hall–Kier alpha value is -5.58. The Bertz CT molecular complexity index is 1990. The van der Waals surface area contributed by atoms with E-state index in [1.807, 2.05) is 25.7 Å². The second-order valence-electron chi connectivity index (χ2n) is 18.6. The highest BCUT2D eigenvalue weighted by Crippen LogP contribution is 2.44. The Morgan fingerprint density at radius 1 is 0.984 bits per heavy atom. The quantitative estimate of drug-likeness (QED) is 0.0349. The van der Waals surface area contributed by atoms with E-state index in [-0.39, 0.29) is 36.0 Å². The lowest BCUT2D eigenvalue weighted by Gasteiger charge is -2.34. The van der Waals surface area contributed by atoms with Gasteiger partial charge in [0.25, 0.3) is 0 Å². The molecule has 4 N–H and O–H groups in total. The van der Waals surface area contributed by atoms with Gasteiger partial charge in [-0.2, -0.15) is 5.26 Å². The van der Waals surface area contributed by atoms with Crippen LogP contribution in [0.4, 0.5) is 9.59 Å². The fraction of sp³-hybridized carbons (Fsp3) is 0.591. The number of alkyl carbamates (subject to hydrolysis) is 2. The number of amides is 2. The van der Waals surface area contributed by atoms with Crippen molar-refractivity contribution >= 4 is 50.6 Å². The molecular formula is C44H62N6O12Si. The van der Waals surface area contributed by atoms with Gasteiger partial charge in [-0.05, 0) is 97.6 Å². The second-order valence-corrected chi connectivity index (χ2v) is 23.0. The third kappa shape index (κ3) is 15.0. The number of carbonyl (C=O) groups excluding carboxylic acids is 5. The first-order chi connectivity index (χ1) is 29.5. The van der Waals surface area contributed by atoms with E-state index in [4.69, 9.17) is 38.3 Å². The molecule has 63 heavy (non-hydrogen) atoms. The van der Waals surface area contributed by atoms with Gasteiger partial charge in [0.05, 0.1) is 16.8 Å². The molecule has 1 aliphatic heterocycles. The van der Waals surface area contributed by atoms with Crippen molar-refractivity contribution in [2.45, 2.75) is 142 Å². The summed E-state index contributed by atoms with van der Waals surface area (Å²) in [7, 11) is -2.62. The van der Waals surface area contributed by atoms with Crippen LogP contribution in [0.5, 0.6) is 0 Å². The van der Waals surface area contributed by atoms with Gasteiger partial charge in [0, 0.05) is 12.8 Å². The number of ether oxygens (including phenoxy) is 6. The fourth-order valence-electron chi connectivity index (χ4n) is 7.02. The summed E-state index contributed by atoms with van der Waals surface area (Å²) in [6.07, 6.45) is 0.0204. The largest absolute Gasteiger partial charge is 0.461 e. The number of hydrogen-bond donors (Lipinski definition) is 4. The predicted octanol–water partition coefficient (Wildman–Crippen LogP) is 6.54. The van der Waals surface area contributed by atoms with Crippen LogP contribution >= 0.6 is 0 Å². The van der Waals surface area contributed by atoms with Crippen LogP contribution in [0.3, 0.4) is 0 Å². The number of aromatic nitrogens is 1. The third-order valence-corrected chi connectivity index (χ3v) is 10.9. The van der Waals surface area contributed by atoms with Crippen LogP contribution < -0.4 is 10.6 Å². The molecule has 0 radical (unpaired) electrons. The summed E-state index contributed by atoms with van der Waals surface area (Å²) < 4.78 is 40.8. The summed E-state index contributed by atoms with van der Waals surface area (Å²) in [5.41, 5.74) is -2.77. The molecule has 2 aliphatic rings. The second kappa shape index (κ2) is 21.7. The molecule has 4 rings (SSSR count). The average Bonchev–Trinajstić information content (AvgIpc) is 3.79. The smallest absolute Gasteiger partial charge is 0.415 e. The Balaban J connectivity index is 1.68. The highest BCUT2D eigenvalue weighted by atomic mass is 28.4. The zero-order valence-electron chi connectivity index (χ0n) is 37.7. The molecule has 0 spiro atoms. The first-order valence-corrected chi connectivity index (χ1v) is 24.5. The molecule has 2 heterocycles. The van der Waals surface area contributed by atoms with Crippen molar-refractivity contribution < 1.29 is 56.8 Å². The molecule has 2 amide bonds. The number of carbonyl (C=O) groups is 5. The number of nitrogens with zero attached hydrogens (tertiary/aromatic N) is 2. The van der Waals surface area contributed by atoms with Gasteiger partial charge in [0.2, 0.25) is 12.4 Å². The summed E-state index contributed by atoms with van der Waals surface area (Å²) >= 11 is 0. The molecule has 1 aliphatic carbocycles. The molecule has 1 saturated carbocycles. The van der Waals surface area contributed by atoms with Gasteiger partial charge in [-0.1, -0.05) is 49.6 Å². The van der Waals surface area contributed by atoms with Crippen molar-refractivity contribution in [3.63, 3.8) is 0 Å². The minimum absolute atomic E-state index is 0.0578. The van der Waals surface area contributed by atoms with E-state index in [0.29, 0.717) is 6.34 Å². The van der Waals surface area contributed by atoms with Crippen molar-refractivity contribution in [1.29, 1.82) is 10.7 Å². The molecule has 1 aromatic carbocycles. The first-order valence-electron chi connectivity index (χ1n) is 21.1. The van der Waals surface area contributed by atoms with Crippen molar-refractivity contribution in [3.8, 4) is 6.07 Å². The van der Waals surface area contributed by atoms with Crippen LogP contribution in [0.2, 0.25) is 19.6 Å². The summed E-state index contributed by atoms with van der Waals surface area (Å²) in [4.78, 5) is 72.5. The summed E-state index contributed by atoms with van der Waals surface area (Å²) in [5.74, 6) is -2.04. The molecule has 18 nitrogen and oxygen atoms in total. The normalized spacial score (nSPS) is 21.3. The van der Waals surface area contributed by atoms with Gasteiger partial charge < -0.3 is 43.1 Å². The number of esters is 3. The Kier molecular flexibility index (Phi) is 17.2. The highest BCUT2D eigenvalue weighted by molar-refractivity contribution is 6.69. The molecule has 1 unspecified atom stereocenters. The Labute approximate surface area is 369 Å². The van der Waals surface area contributed by atoms with Crippen LogP contribution in [0.1, 0.15) is 97.0 Å². The number of nitrogens with one attached hydrogen (secondary N) is 4. The minimum atomic E-state index is -2.62. The number of rotatable bonds is 16. The molecule has 2 fully saturated rings. The van der Waals surface area contributed by atoms with E-state index in [9.17, 15) is 29.2 Å². The van der Waals surface area contributed by atoms with Crippen LogP contribution in [0, 0.1) is 28.1 Å². The lowest BCUT2D eigenvalue weighted by atomic mass is 9.87. The van der Waals surface area contributed by atoms with E-state index in [1.165, 1.54) is 12.1 Å². The molecular weight excluding hydrogens is 833 g/mol. The SMILES string of the molecule is CC(C)(C)OC(=O)N[C@@H](Cc1ccccc1)C(=O)OC[C@H]1O[C@@](C#N)(c2ccc(C(=NC=N)NC(=O)OCOC(=O)C(C)(C)C)[nH]2)C(O[Si](C)(C)C)[C@@H]1OC(=O)CC1CCCCC1. The molecule has 19 heteroatoms. The van der Waals surface area contributed by atoms with E-state index < -0.39 is 92.8 Å². The standard InChI is InChI=1S/C44H62N6O12Si/c1-42(2,3)39(53)57-27-58-40(54)50-37(47-26-46)30-20-21-33(48-30)44(25-45)36(62-63(7,8)9)35(59-34(51)23-29-18-14-11-15-19-29)32(60-44)24-56-38(52)31(22-28-16-12-10-13-17-28)49-41(55)61-43(4,5)6/h10,12-13,16-17,20-21,26,29,31-32,35-36,48H,11,14-15,18-19,22-24,27H2,1-9H3,(H,49,55)(H2,46,47,50,54)/t31-,32+,35+,36?,44-/m0/s1. The lowest BCUT2D eigenvalue weighted by molar-refractivity contribution is -0.162. The number of aromatic amines is 1. The predicted molar refractivity (Wildman–Crippen MR) is 232 cm³/mol. The zero-order chi connectivity index (χ0) is 46.6. The fourth-order valence-corrected chi connectivity index (χ4v) is 8.08. The number of aliphatic imine (C=N–C) groups is 1. The van der Waals surface area contributed by atoms with Crippen molar-refractivity contribution in [3.05, 3.63) is 59.4 Å². The number of amidine groups is 1. The van der Waals surface area contributed by atoms with Crippen LogP contribution in [0.25, 0.3) is 0 Å². The Morgan fingerprint density at radius 3 is 2.27 bits per heavy atom. The average molecular weight is 895 g/mol.